The van der Waals surface area contributed by atoms with Gasteiger partial charge in [0.2, 0.25) is 5.91 Å². The van der Waals surface area contributed by atoms with E-state index in [1.807, 2.05) is 13.8 Å². The standard InChI is InChI=1S/C12H16BrN3O2/c1-8(2)6-15-10(17)7-16-12(18)9-4-3-5-14-11(9)13/h3-5,8H,6-7H2,1-2H3,(H,15,17)(H,16,18). The molecule has 1 aromatic rings. The van der Waals surface area contributed by atoms with Gasteiger partial charge in [0.25, 0.3) is 5.91 Å². The lowest BCUT2D eigenvalue weighted by Crippen LogP contribution is -2.38. The molecule has 0 aliphatic heterocycles. The zero-order valence-electron chi connectivity index (χ0n) is 10.4. The first-order valence-corrected chi connectivity index (χ1v) is 6.45. The molecule has 0 aliphatic carbocycles. The molecule has 0 aromatic carbocycles. The summed E-state index contributed by atoms with van der Waals surface area (Å²) in [5, 5.41) is 5.26. The summed E-state index contributed by atoms with van der Waals surface area (Å²) < 4.78 is 0.463. The number of hydrogen-bond acceptors (Lipinski definition) is 3. The van der Waals surface area contributed by atoms with E-state index in [-0.39, 0.29) is 18.4 Å². The van der Waals surface area contributed by atoms with E-state index in [1.54, 1.807) is 18.3 Å². The minimum Gasteiger partial charge on any atom is -0.354 e. The Morgan fingerprint density at radius 2 is 2.11 bits per heavy atom. The summed E-state index contributed by atoms with van der Waals surface area (Å²) in [7, 11) is 0. The maximum atomic E-state index is 11.7. The molecule has 0 spiro atoms. The van der Waals surface area contributed by atoms with Gasteiger partial charge >= 0.3 is 0 Å². The van der Waals surface area contributed by atoms with Gasteiger partial charge in [0, 0.05) is 12.7 Å². The van der Waals surface area contributed by atoms with Crippen LogP contribution in [0.15, 0.2) is 22.9 Å². The third kappa shape index (κ3) is 4.83. The van der Waals surface area contributed by atoms with E-state index >= 15 is 0 Å². The first-order valence-electron chi connectivity index (χ1n) is 5.66. The van der Waals surface area contributed by atoms with Crippen molar-refractivity contribution in [2.75, 3.05) is 13.1 Å². The fourth-order valence-electron chi connectivity index (χ4n) is 1.19. The summed E-state index contributed by atoms with van der Waals surface area (Å²) in [5.41, 5.74) is 0.411. The lowest BCUT2D eigenvalue weighted by Gasteiger charge is -2.09. The van der Waals surface area contributed by atoms with Gasteiger partial charge in [-0.25, -0.2) is 4.98 Å². The fraction of sp³-hybridized carbons (Fsp3) is 0.417. The van der Waals surface area contributed by atoms with E-state index in [1.165, 1.54) is 0 Å². The quantitative estimate of drug-likeness (QED) is 0.806. The molecule has 1 aromatic heterocycles. The molecule has 5 nitrogen and oxygen atoms in total. The Morgan fingerprint density at radius 1 is 1.39 bits per heavy atom. The van der Waals surface area contributed by atoms with E-state index < -0.39 is 0 Å². The number of nitrogens with one attached hydrogen (secondary N) is 2. The Morgan fingerprint density at radius 3 is 2.72 bits per heavy atom. The normalized spacial score (nSPS) is 10.2. The van der Waals surface area contributed by atoms with Gasteiger partial charge in [-0.05, 0) is 34.0 Å². The molecule has 0 atom stereocenters. The number of hydrogen-bond donors (Lipinski definition) is 2. The number of halogens is 1. The van der Waals surface area contributed by atoms with Crippen molar-refractivity contribution in [1.82, 2.24) is 15.6 Å². The number of aromatic nitrogens is 1. The molecule has 98 valence electrons. The molecular weight excluding hydrogens is 298 g/mol. The minimum atomic E-state index is -0.324. The van der Waals surface area contributed by atoms with Crippen LogP contribution in [0.4, 0.5) is 0 Å². The van der Waals surface area contributed by atoms with Gasteiger partial charge in [0.05, 0.1) is 12.1 Å². The van der Waals surface area contributed by atoms with Crippen molar-refractivity contribution in [2.24, 2.45) is 5.92 Å². The Bertz CT molecular complexity index is 435. The fourth-order valence-corrected chi connectivity index (χ4v) is 1.62. The number of carbonyl (C=O) groups is 2. The van der Waals surface area contributed by atoms with Crippen LogP contribution in [0, 0.1) is 5.92 Å². The molecule has 0 radical (unpaired) electrons. The molecule has 2 amide bonds. The average Bonchev–Trinajstić information content (AvgIpc) is 2.34. The molecule has 1 heterocycles. The van der Waals surface area contributed by atoms with Gasteiger partial charge in [0.15, 0.2) is 0 Å². The highest BCUT2D eigenvalue weighted by Crippen LogP contribution is 2.11. The third-order valence-electron chi connectivity index (χ3n) is 2.12. The lowest BCUT2D eigenvalue weighted by atomic mass is 10.2. The predicted molar refractivity (Wildman–Crippen MR) is 72.1 cm³/mol. The third-order valence-corrected chi connectivity index (χ3v) is 2.75. The smallest absolute Gasteiger partial charge is 0.254 e. The Labute approximate surface area is 114 Å². The monoisotopic (exact) mass is 313 g/mol. The van der Waals surface area contributed by atoms with Crippen LogP contribution in [0.2, 0.25) is 0 Å². The first-order chi connectivity index (χ1) is 8.50. The number of carbonyl (C=O) groups excluding carboxylic acids is 2. The number of amides is 2. The van der Waals surface area contributed by atoms with E-state index in [2.05, 4.69) is 31.5 Å². The number of pyridine rings is 1. The number of rotatable bonds is 5. The Kier molecular flexibility index (Phi) is 5.77. The topological polar surface area (TPSA) is 71.1 Å². The van der Waals surface area contributed by atoms with Crippen molar-refractivity contribution in [3.05, 3.63) is 28.5 Å². The second-order valence-electron chi connectivity index (χ2n) is 4.22. The van der Waals surface area contributed by atoms with Crippen molar-refractivity contribution in [3.63, 3.8) is 0 Å². The van der Waals surface area contributed by atoms with Gasteiger partial charge in [-0.3, -0.25) is 9.59 Å². The highest BCUT2D eigenvalue weighted by Gasteiger charge is 2.11. The second-order valence-corrected chi connectivity index (χ2v) is 4.97. The largest absolute Gasteiger partial charge is 0.354 e. The minimum absolute atomic E-state index is 0.0348. The van der Waals surface area contributed by atoms with E-state index in [9.17, 15) is 9.59 Å². The molecule has 0 saturated heterocycles. The van der Waals surface area contributed by atoms with Crippen molar-refractivity contribution in [3.8, 4) is 0 Å². The van der Waals surface area contributed by atoms with Gasteiger partial charge in [-0.1, -0.05) is 13.8 Å². The van der Waals surface area contributed by atoms with E-state index in [4.69, 9.17) is 0 Å². The van der Waals surface area contributed by atoms with Crippen molar-refractivity contribution < 1.29 is 9.59 Å². The molecule has 6 heteroatoms. The Hall–Kier alpha value is -1.43. The van der Waals surface area contributed by atoms with Gasteiger partial charge in [-0.15, -0.1) is 0 Å². The SMILES string of the molecule is CC(C)CNC(=O)CNC(=O)c1cccnc1Br. The number of nitrogens with zero attached hydrogens (tertiary/aromatic N) is 1. The van der Waals surface area contributed by atoms with Crippen molar-refractivity contribution >= 4 is 27.7 Å². The van der Waals surface area contributed by atoms with Crippen LogP contribution in [0.3, 0.4) is 0 Å². The summed E-state index contributed by atoms with van der Waals surface area (Å²) >= 11 is 3.18. The second kappa shape index (κ2) is 7.10. The van der Waals surface area contributed by atoms with Gasteiger partial charge in [0.1, 0.15) is 4.60 Å². The van der Waals surface area contributed by atoms with Gasteiger partial charge in [-0.2, -0.15) is 0 Å². The average molecular weight is 314 g/mol. The summed E-state index contributed by atoms with van der Waals surface area (Å²) in [6.07, 6.45) is 1.58. The van der Waals surface area contributed by atoms with Crippen LogP contribution in [0.1, 0.15) is 24.2 Å². The molecular formula is C12H16BrN3O2. The first kappa shape index (κ1) is 14.6. The molecule has 18 heavy (non-hydrogen) atoms. The zero-order valence-corrected chi connectivity index (χ0v) is 12.0. The summed E-state index contributed by atoms with van der Waals surface area (Å²) in [5.74, 6) is -0.135. The predicted octanol–water partition coefficient (Wildman–Crippen LogP) is 1.35. The van der Waals surface area contributed by atoms with E-state index in [0.29, 0.717) is 22.6 Å². The molecule has 0 bridgehead atoms. The molecule has 0 saturated carbocycles. The maximum Gasteiger partial charge on any atom is 0.254 e. The highest BCUT2D eigenvalue weighted by molar-refractivity contribution is 9.10. The molecule has 0 unspecified atom stereocenters. The molecule has 0 aliphatic rings. The highest BCUT2D eigenvalue weighted by atomic mass is 79.9. The van der Waals surface area contributed by atoms with Crippen LogP contribution in [-0.2, 0) is 4.79 Å². The van der Waals surface area contributed by atoms with Gasteiger partial charge < -0.3 is 10.6 Å². The van der Waals surface area contributed by atoms with Crippen LogP contribution < -0.4 is 10.6 Å². The summed E-state index contributed by atoms with van der Waals surface area (Å²) in [6.45, 7) is 4.58. The van der Waals surface area contributed by atoms with Crippen molar-refractivity contribution in [2.45, 2.75) is 13.8 Å². The van der Waals surface area contributed by atoms with Crippen LogP contribution in [0.25, 0.3) is 0 Å². The maximum absolute atomic E-state index is 11.7. The van der Waals surface area contributed by atoms with Crippen LogP contribution in [0.5, 0.6) is 0 Å². The summed E-state index contributed by atoms with van der Waals surface area (Å²) in [4.78, 5) is 27.1. The summed E-state index contributed by atoms with van der Waals surface area (Å²) in [6, 6.07) is 3.30. The van der Waals surface area contributed by atoms with Crippen molar-refractivity contribution in [1.29, 1.82) is 0 Å². The van der Waals surface area contributed by atoms with Crippen LogP contribution in [-0.4, -0.2) is 29.9 Å². The Balaban J connectivity index is 2.42. The van der Waals surface area contributed by atoms with E-state index in [0.717, 1.165) is 0 Å². The lowest BCUT2D eigenvalue weighted by molar-refractivity contribution is -0.120. The molecule has 2 N–H and O–H groups in total. The molecule has 0 fully saturated rings. The zero-order chi connectivity index (χ0) is 13.5. The van der Waals surface area contributed by atoms with Crippen LogP contribution >= 0.6 is 15.9 Å². The molecule has 1 rings (SSSR count).